The molecule has 0 saturated carbocycles. The molecule has 0 bridgehead atoms. The van der Waals surface area contributed by atoms with Crippen LogP contribution >= 0.6 is 11.6 Å². The van der Waals surface area contributed by atoms with Crippen LogP contribution in [0.4, 0.5) is 5.69 Å². The molecule has 8 heteroatoms. The first-order valence-electron chi connectivity index (χ1n) is 6.06. The van der Waals surface area contributed by atoms with Crippen molar-refractivity contribution in [2.24, 2.45) is 0 Å². The number of hydrogen-bond donors (Lipinski definition) is 2. The number of hydrogen-bond acceptors (Lipinski definition) is 5. The van der Waals surface area contributed by atoms with Gasteiger partial charge in [-0.3, -0.25) is 4.72 Å². The highest BCUT2D eigenvalue weighted by Crippen LogP contribution is 2.29. The first-order valence-corrected chi connectivity index (χ1v) is 7.92. The lowest BCUT2D eigenvalue weighted by atomic mass is 10.3. The fourth-order valence-corrected chi connectivity index (χ4v) is 2.92. The van der Waals surface area contributed by atoms with Crippen molar-refractivity contribution in [3.8, 4) is 5.75 Å². The number of nitrogens with one attached hydrogen (secondary N) is 2. The van der Waals surface area contributed by atoms with Crippen molar-refractivity contribution < 1.29 is 17.6 Å². The van der Waals surface area contributed by atoms with Gasteiger partial charge in [0.1, 0.15) is 11.5 Å². The number of anilines is 1. The smallest absolute Gasteiger partial charge is 0.295 e. The molecule has 0 aliphatic heterocycles. The summed E-state index contributed by atoms with van der Waals surface area (Å²) in [4.78, 5) is 0. The molecule has 1 aromatic carbocycles. The second kappa shape index (κ2) is 6.38. The van der Waals surface area contributed by atoms with E-state index in [-0.39, 0.29) is 15.8 Å². The monoisotopic (exact) mass is 330 g/mol. The minimum Gasteiger partial charge on any atom is -0.497 e. The molecule has 2 rings (SSSR count). The van der Waals surface area contributed by atoms with Crippen LogP contribution in [0.2, 0.25) is 5.02 Å². The first kappa shape index (κ1) is 15.7. The maximum atomic E-state index is 12.2. The Balaban J connectivity index is 2.28. The Morgan fingerprint density at radius 2 is 2.05 bits per heavy atom. The summed E-state index contributed by atoms with van der Waals surface area (Å²) < 4.78 is 37.2. The Morgan fingerprint density at radius 1 is 1.29 bits per heavy atom. The minimum atomic E-state index is -3.84. The third kappa shape index (κ3) is 3.69. The van der Waals surface area contributed by atoms with Gasteiger partial charge >= 0.3 is 0 Å². The highest BCUT2D eigenvalue weighted by molar-refractivity contribution is 7.92. The third-order valence-corrected chi connectivity index (χ3v) is 4.24. The summed E-state index contributed by atoms with van der Waals surface area (Å²) in [5, 5.41) is 2.97. The highest BCUT2D eigenvalue weighted by Gasteiger charge is 2.20. The maximum Gasteiger partial charge on any atom is 0.295 e. The Hall–Kier alpha value is -1.70. The zero-order chi connectivity index (χ0) is 15.5. The number of halogens is 1. The summed E-state index contributed by atoms with van der Waals surface area (Å²) >= 11 is 5.98. The van der Waals surface area contributed by atoms with Gasteiger partial charge in [-0.1, -0.05) is 11.6 Å². The molecule has 0 spiro atoms. The van der Waals surface area contributed by atoms with E-state index in [0.29, 0.717) is 18.1 Å². The number of furan rings is 1. The van der Waals surface area contributed by atoms with E-state index < -0.39 is 10.0 Å². The predicted molar refractivity (Wildman–Crippen MR) is 80.3 cm³/mol. The van der Waals surface area contributed by atoms with Gasteiger partial charge in [0.05, 0.1) is 24.4 Å². The number of ether oxygens (including phenoxy) is 1. The number of rotatable bonds is 6. The second-order valence-corrected chi connectivity index (χ2v) is 6.22. The molecule has 1 heterocycles. The van der Waals surface area contributed by atoms with Crippen LogP contribution in [0, 0.1) is 0 Å². The molecule has 2 aromatic rings. The molecule has 21 heavy (non-hydrogen) atoms. The van der Waals surface area contributed by atoms with Crippen molar-refractivity contribution in [2.45, 2.75) is 11.6 Å². The molecule has 0 atom stereocenters. The van der Waals surface area contributed by atoms with Gasteiger partial charge in [-0.2, -0.15) is 8.42 Å². The minimum absolute atomic E-state index is 0.174. The zero-order valence-corrected chi connectivity index (χ0v) is 13.1. The van der Waals surface area contributed by atoms with Crippen LogP contribution in [0.25, 0.3) is 0 Å². The van der Waals surface area contributed by atoms with Crippen molar-refractivity contribution in [2.75, 3.05) is 18.9 Å². The summed E-state index contributed by atoms with van der Waals surface area (Å²) in [5.41, 5.74) is 0.225. The van der Waals surface area contributed by atoms with Gasteiger partial charge in [0, 0.05) is 6.07 Å². The van der Waals surface area contributed by atoms with Crippen molar-refractivity contribution in [1.82, 2.24) is 5.32 Å². The molecule has 114 valence electrons. The molecular formula is C13H15ClN2O4S. The van der Waals surface area contributed by atoms with Gasteiger partial charge in [-0.25, -0.2) is 0 Å². The Kier molecular flexibility index (Phi) is 4.76. The predicted octanol–water partition coefficient (Wildman–Crippen LogP) is 2.46. The van der Waals surface area contributed by atoms with E-state index in [4.69, 9.17) is 20.8 Å². The van der Waals surface area contributed by atoms with Crippen LogP contribution in [0.1, 0.15) is 5.76 Å². The van der Waals surface area contributed by atoms with Crippen molar-refractivity contribution in [1.29, 1.82) is 0 Å². The lowest BCUT2D eigenvalue weighted by Crippen LogP contribution is -2.12. The van der Waals surface area contributed by atoms with E-state index in [9.17, 15) is 8.42 Å². The Bertz CT molecular complexity index is 728. The maximum absolute atomic E-state index is 12.2. The third-order valence-electron chi connectivity index (χ3n) is 2.67. The lowest BCUT2D eigenvalue weighted by molar-refractivity contribution is 0.408. The molecule has 2 N–H and O–H groups in total. The molecule has 0 aliphatic rings. The van der Waals surface area contributed by atoms with Crippen LogP contribution in [0.15, 0.2) is 39.8 Å². The van der Waals surface area contributed by atoms with Gasteiger partial charge in [0.15, 0.2) is 0 Å². The Morgan fingerprint density at radius 3 is 2.71 bits per heavy atom. The van der Waals surface area contributed by atoms with E-state index in [1.54, 1.807) is 25.2 Å². The number of benzene rings is 1. The van der Waals surface area contributed by atoms with Crippen molar-refractivity contribution in [3.63, 3.8) is 0 Å². The highest BCUT2D eigenvalue weighted by atomic mass is 35.5. The number of methoxy groups -OCH3 is 1. The van der Waals surface area contributed by atoms with E-state index in [0.717, 1.165) is 0 Å². The second-order valence-electron chi connectivity index (χ2n) is 4.20. The fraction of sp³-hybridized carbons (Fsp3) is 0.231. The van der Waals surface area contributed by atoms with Gasteiger partial charge in [-0.15, -0.1) is 0 Å². The van der Waals surface area contributed by atoms with Crippen LogP contribution < -0.4 is 14.8 Å². The molecule has 0 radical (unpaired) electrons. The van der Waals surface area contributed by atoms with E-state index in [1.165, 1.54) is 19.2 Å². The summed E-state index contributed by atoms with van der Waals surface area (Å²) in [5.74, 6) is 1.02. The molecule has 6 nitrogen and oxygen atoms in total. The van der Waals surface area contributed by atoms with Crippen LogP contribution in [0.3, 0.4) is 0 Å². The topological polar surface area (TPSA) is 80.6 Å². The summed E-state index contributed by atoms with van der Waals surface area (Å²) in [7, 11) is -0.618. The molecule has 0 aliphatic carbocycles. The molecular weight excluding hydrogens is 316 g/mol. The zero-order valence-electron chi connectivity index (χ0n) is 11.5. The van der Waals surface area contributed by atoms with E-state index in [1.807, 2.05) is 0 Å². The van der Waals surface area contributed by atoms with Gasteiger partial charge in [0.25, 0.3) is 10.0 Å². The van der Waals surface area contributed by atoms with Crippen LogP contribution in [-0.2, 0) is 16.6 Å². The fourth-order valence-electron chi connectivity index (χ4n) is 1.68. The molecule has 0 unspecified atom stereocenters. The standard InChI is InChI=1S/C13H15ClN2O4S/c1-15-8-10-4-6-13(20-10)21(17,18)16-12-7-9(19-2)3-5-11(12)14/h3-7,15-16H,8H2,1-2H3. The van der Waals surface area contributed by atoms with Crippen molar-refractivity contribution >= 4 is 27.3 Å². The van der Waals surface area contributed by atoms with Gasteiger partial charge in [0.2, 0.25) is 5.09 Å². The largest absolute Gasteiger partial charge is 0.497 e. The van der Waals surface area contributed by atoms with Gasteiger partial charge < -0.3 is 14.5 Å². The molecule has 0 amide bonds. The average molecular weight is 331 g/mol. The van der Waals surface area contributed by atoms with E-state index >= 15 is 0 Å². The normalized spacial score (nSPS) is 11.4. The Labute approximate surface area is 128 Å². The molecule has 0 saturated heterocycles. The first-order chi connectivity index (χ1) is 9.96. The summed E-state index contributed by atoms with van der Waals surface area (Å²) in [6, 6.07) is 7.67. The van der Waals surface area contributed by atoms with Crippen molar-refractivity contribution in [3.05, 3.63) is 41.1 Å². The van der Waals surface area contributed by atoms with Crippen LogP contribution in [0.5, 0.6) is 5.75 Å². The quantitative estimate of drug-likeness (QED) is 0.850. The average Bonchev–Trinajstić information content (AvgIpc) is 2.91. The van der Waals surface area contributed by atoms with E-state index in [2.05, 4.69) is 10.0 Å². The molecule has 1 aromatic heterocycles. The summed E-state index contributed by atoms with van der Waals surface area (Å²) in [6.07, 6.45) is 0. The molecule has 0 fully saturated rings. The lowest BCUT2D eigenvalue weighted by Gasteiger charge is -2.09. The van der Waals surface area contributed by atoms with Crippen LogP contribution in [-0.4, -0.2) is 22.6 Å². The summed E-state index contributed by atoms with van der Waals surface area (Å²) in [6.45, 7) is 0.440. The SMILES string of the molecule is CNCc1ccc(S(=O)(=O)Nc2cc(OC)ccc2Cl)o1. The number of sulfonamides is 1. The van der Waals surface area contributed by atoms with Gasteiger partial charge in [-0.05, 0) is 31.3 Å².